The third kappa shape index (κ3) is 7.41. The first-order valence-corrected chi connectivity index (χ1v) is 35.3. The van der Waals surface area contributed by atoms with E-state index in [0.29, 0.717) is 6.79 Å². The molecule has 2 spiro atoms. The van der Waals surface area contributed by atoms with Crippen LogP contribution in [0.3, 0.4) is 0 Å². The predicted octanol–water partition coefficient (Wildman–Crippen LogP) is 13.1. The Morgan fingerprint density at radius 3 is 0.602 bits per heavy atom. The predicted molar refractivity (Wildman–Crippen MR) is 405 cm³/mol. The van der Waals surface area contributed by atoms with Crippen molar-refractivity contribution in [2.24, 2.45) is 0 Å². The first-order chi connectivity index (χ1) is 51.1. The van der Waals surface area contributed by atoms with Gasteiger partial charge in [0.1, 0.15) is 6.79 Å². The number of allylic oxidation sites excluding steroid dienone is 8. The maximum atomic E-state index is 4.47. The third-order valence-corrected chi connectivity index (χ3v) is 22.3. The molecule has 0 fully saturated rings. The lowest BCUT2D eigenvalue weighted by molar-refractivity contribution is -0.834. The van der Waals surface area contributed by atoms with Crippen LogP contribution in [0, 0.1) is 0 Å². The van der Waals surface area contributed by atoms with Crippen molar-refractivity contribution in [1.82, 2.24) is 18.3 Å². The zero-order chi connectivity index (χ0) is 67.8. The Morgan fingerprint density at radius 1 is 0.223 bits per heavy atom. The highest BCUT2D eigenvalue weighted by Gasteiger charge is 2.75. The lowest BCUT2D eigenvalue weighted by atomic mass is 9.93. The number of ether oxygens (including phenoxy) is 2. The van der Waals surface area contributed by atoms with E-state index in [1.54, 1.807) is 14.2 Å². The van der Waals surface area contributed by atoms with Crippen molar-refractivity contribution in [3.05, 3.63) is 451 Å². The van der Waals surface area contributed by atoms with Gasteiger partial charge < -0.3 is 9.47 Å². The van der Waals surface area contributed by atoms with E-state index in [-0.39, 0.29) is 0 Å². The van der Waals surface area contributed by atoms with Gasteiger partial charge in [-0.2, -0.15) is 18.3 Å². The van der Waals surface area contributed by atoms with Gasteiger partial charge in [-0.05, 0) is 93.0 Å². The summed E-state index contributed by atoms with van der Waals surface area (Å²) in [7, 11) is 3.17. The van der Waals surface area contributed by atoms with Crippen LogP contribution < -0.4 is 21.4 Å². The van der Waals surface area contributed by atoms with E-state index in [1.165, 1.54) is 179 Å². The Morgan fingerprint density at radius 2 is 0.417 bits per heavy atom. The van der Waals surface area contributed by atoms with Crippen molar-refractivity contribution < 1.29 is 27.8 Å². The van der Waals surface area contributed by atoms with E-state index in [2.05, 4.69) is 386 Å². The zero-order valence-electron chi connectivity index (χ0n) is 56.4. The van der Waals surface area contributed by atoms with Crippen molar-refractivity contribution in [3.8, 4) is 0 Å². The summed E-state index contributed by atoms with van der Waals surface area (Å²) in [6.45, 7) is 0.389. The Balaban J connectivity index is 0.000000122. The van der Waals surface area contributed by atoms with Crippen LogP contribution in [0.2, 0.25) is 0 Å². The molecule has 0 amide bonds. The maximum Gasteiger partial charge on any atom is 0.553 e. The number of rotatable bonds is 10. The second kappa shape index (κ2) is 21.7. The van der Waals surface area contributed by atoms with Gasteiger partial charge in [-0.15, -0.1) is 0 Å². The van der Waals surface area contributed by atoms with Crippen LogP contribution in [0.15, 0.2) is 363 Å². The molecule has 12 aromatic rings. The molecule has 8 aromatic carbocycles. The SMILES string of the molecule is C1=CC2=[N+]3C1=C(c1ccccc1)c1ccc4n1C31n3c(ccc3=C(c3ccccc3)C3=[N+]1C(=C4c1ccccc1)C=C3)=C2c1ccccc1.C1=CC2=[N+]3C1=C(c1ccccc1)c1ccc4n1C31n3c(ccc3=C(c3ccccc3)C3=[N+]1C(=C4c1ccccc1)C=C3)=C2c1ccccc1.COCOC. The normalized spacial score (nSPS) is 17.7. The number of nitrogens with zero attached hydrogens (tertiary/aromatic N) is 8. The fourth-order valence-electron chi connectivity index (χ4n) is 18.8. The van der Waals surface area contributed by atoms with E-state index >= 15 is 0 Å². The van der Waals surface area contributed by atoms with E-state index in [0.717, 1.165) is 0 Å². The average molecular weight is 1330 g/mol. The molecular weight excluding hydrogens is 1260 g/mol. The lowest BCUT2D eigenvalue weighted by Gasteiger charge is -2.41. The van der Waals surface area contributed by atoms with Crippen molar-refractivity contribution >= 4 is 67.4 Å². The fraction of sp³-hybridized carbons (Fsp3) is 0.0538. The molecule has 0 atom stereocenters. The van der Waals surface area contributed by atoms with Gasteiger partial charge in [0.05, 0.1) is 88.8 Å². The topological polar surface area (TPSA) is 50.2 Å². The Hall–Kier alpha value is -13.1. The molecule has 10 heteroatoms. The average Bonchev–Trinajstić information content (AvgIpc) is 1.53. The minimum atomic E-state index is -0.752. The molecule has 0 unspecified atom stereocenters. The third-order valence-electron chi connectivity index (χ3n) is 22.3. The largest absolute Gasteiger partial charge is 0.553 e. The highest BCUT2D eigenvalue weighted by molar-refractivity contribution is 6.31. The molecule has 484 valence electrons. The van der Waals surface area contributed by atoms with Crippen LogP contribution in [0.4, 0.5) is 0 Å². The smallest absolute Gasteiger partial charge is 0.359 e. The summed E-state index contributed by atoms with van der Waals surface area (Å²) >= 11 is 0. The summed E-state index contributed by atoms with van der Waals surface area (Å²) < 4.78 is 30.1. The van der Waals surface area contributed by atoms with Crippen molar-refractivity contribution in [2.45, 2.75) is 11.8 Å². The van der Waals surface area contributed by atoms with E-state index in [4.69, 9.17) is 0 Å². The second-order valence-electron chi connectivity index (χ2n) is 27.3. The van der Waals surface area contributed by atoms with Crippen molar-refractivity contribution in [1.29, 1.82) is 0 Å². The van der Waals surface area contributed by atoms with E-state index in [1.807, 2.05) is 0 Å². The summed E-state index contributed by atoms with van der Waals surface area (Å²) in [5.41, 5.74) is 34.3. The summed E-state index contributed by atoms with van der Waals surface area (Å²) in [6.07, 6.45) is 18.8. The summed E-state index contributed by atoms with van der Waals surface area (Å²) in [5, 5.41) is 4.87. The first kappa shape index (κ1) is 57.8. The van der Waals surface area contributed by atoms with E-state index in [9.17, 15) is 0 Å². The van der Waals surface area contributed by atoms with Crippen LogP contribution in [-0.4, -0.2) is 80.4 Å². The second-order valence-corrected chi connectivity index (χ2v) is 27.3. The minimum Gasteiger partial charge on any atom is -0.359 e. The Bertz CT molecular complexity index is 5720. The molecular formula is C93H64N8O2+4. The monoisotopic (exact) mass is 1320 g/mol. The summed E-state index contributed by atoms with van der Waals surface area (Å²) in [5.74, 6) is -1.50. The van der Waals surface area contributed by atoms with E-state index < -0.39 is 11.8 Å². The van der Waals surface area contributed by atoms with Gasteiger partial charge in [-0.3, -0.25) is 0 Å². The van der Waals surface area contributed by atoms with Gasteiger partial charge in [0, 0.05) is 62.8 Å². The zero-order valence-corrected chi connectivity index (χ0v) is 56.4. The molecule has 0 radical (unpaired) electrons. The molecule has 12 aliphatic rings. The molecule has 0 saturated heterocycles. The van der Waals surface area contributed by atoms with Gasteiger partial charge in [0.2, 0.25) is 45.6 Å². The molecule has 4 aromatic heterocycles. The number of hydrogen-bond acceptors (Lipinski definition) is 2. The fourth-order valence-corrected chi connectivity index (χ4v) is 18.8. The molecule has 10 nitrogen and oxygen atoms in total. The molecule has 0 bridgehead atoms. The van der Waals surface area contributed by atoms with Crippen LogP contribution in [0.1, 0.15) is 67.3 Å². The van der Waals surface area contributed by atoms with Crippen LogP contribution >= 0.6 is 0 Å². The number of benzene rings is 8. The molecule has 24 rings (SSSR count). The number of methoxy groups -OCH3 is 2. The van der Waals surface area contributed by atoms with Gasteiger partial charge in [0.25, 0.3) is 0 Å². The van der Waals surface area contributed by atoms with Crippen molar-refractivity contribution in [2.75, 3.05) is 21.0 Å². The molecule has 103 heavy (non-hydrogen) atoms. The molecule has 16 heterocycles. The maximum absolute atomic E-state index is 4.47. The number of aromatic nitrogens is 4. The highest BCUT2D eigenvalue weighted by Crippen LogP contribution is 2.56. The van der Waals surface area contributed by atoms with Gasteiger partial charge in [-0.25, -0.2) is 0 Å². The van der Waals surface area contributed by atoms with Crippen LogP contribution in [-0.2, 0) is 21.3 Å². The molecule has 0 aliphatic carbocycles. The van der Waals surface area contributed by atoms with Gasteiger partial charge in [-0.1, -0.05) is 261 Å². The Labute approximate surface area is 594 Å². The van der Waals surface area contributed by atoms with Gasteiger partial charge in [0.15, 0.2) is 0 Å². The minimum absolute atomic E-state index is 0.389. The Kier molecular flexibility index (Phi) is 12.2. The lowest BCUT2D eigenvalue weighted by Crippen LogP contribution is -2.71. The molecule has 12 aliphatic heterocycles. The molecule has 0 saturated carbocycles. The quantitative estimate of drug-likeness (QED) is 0.101. The standard InChI is InChI=1S/2C45H28N4.C3H8O2/c2*1-5-13-29(14-6-1)41-33-21-23-35-42(30-15-7-2-8-16-30)37-25-27-39-44(32-19-11-4-12-20-32)40-28-26-38-43(31-17-9-3-10-18-31)36-24-22-34(41)47(36)45(46(33)35,48(37)39)49(38)40;1-4-3-5-2/h2*1-28H;3H2,1-2H3/q2*+2;. The van der Waals surface area contributed by atoms with Gasteiger partial charge >= 0.3 is 11.8 Å². The van der Waals surface area contributed by atoms with Crippen LogP contribution in [0.25, 0.3) is 44.6 Å². The van der Waals surface area contributed by atoms with Crippen molar-refractivity contribution in [3.63, 3.8) is 0 Å². The highest BCUT2D eigenvalue weighted by atomic mass is 16.6. The van der Waals surface area contributed by atoms with Crippen LogP contribution in [0.5, 0.6) is 0 Å². The molecule has 0 N–H and O–H groups in total. The summed E-state index contributed by atoms with van der Waals surface area (Å²) in [4.78, 5) is 0. The summed E-state index contributed by atoms with van der Waals surface area (Å²) in [6, 6.07) is 106. The number of hydrogen-bond donors (Lipinski definition) is 0. The first-order valence-electron chi connectivity index (χ1n) is 35.3.